The van der Waals surface area contributed by atoms with Crippen LogP contribution in [-0.2, 0) is 14.3 Å². The van der Waals surface area contributed by atoms with E-state index in [4.69, 9.17) is 9.47 Å². The first kappa shape index (κ1) is 16.9. The normalized spacial score (nSPS) is 18.4. The predicted octanol–water partition coefficient (Wildman–Crippen LogP) is 2.66. The molecule has 1 aromatic rings. The van der Waals surface area contributed by atoms with Crippen LogP contribution in [0.25, 0.3) is 0 Å². The molecule has 1 aliphatic heterocycles. The van der Waals surface area contributed by atoms with E-state index in [1.165, 1.54) is 0 Å². The van der Waals surface area contributed by atoms with Gasteiger partial charge in [-0.25, -0.2) is 4.98 Å². The van der Waals surface area contributed by atoms with Crippen molar-refractivity contribution < 1.29 is 14.3 Å². The number of carbonyl (C=O) groups excluding carboxylic acids is 1. The van der Waals surface area contributed by atoms with Gasteiger partial charge in [0.25, 0.3) is 5.91 Å². The maximum absolute atomic E-state index is 12.5. The maximum atomic E-state index is 12.5. The van der Waals surface area contributed by atoms with Crippen molar-refractivity contribution in [2.75, 3.05) is 31.3 Å². The van der Waals surface area contributed by atoms with E-state index >= 15 is 0 Å². The summed E-state index contributed by atoms with van der Waals surface area (Å²) < 4.78 is 11.1. The van der Waals surface area contributed by atoms with Crippen molar-refractivity contribution in [1.82, 2.24) is 4.98 Å². The van der Waals surface area contributed by atoms with Crippen LogP contribution in [0.5, 0.6) is 0 Å². The summed E-state index contributed by atoms with van der Waals surface area (Å²) in [6.07, 6.45) is 3.93. The summed E-state index contributed by atoms with van der Waals surface area (Å²) in [5, 5.41) is 0. The van der Waals surface area contributed by atoms with Crippen LogP contribution in [0.3, 0.4) is 0 Å². The lowest BCUT2D eigenvalue weighted by molar-refractivity contribution is -0.124. The van der Waals surface area contributed by atoms with Crippen LogP contribution in [0, 0.1) is 5.41 Å². The van der Waals surface area contributed by atoms with E-state index in [1.54, 1.807) is 11.1 Å². The number of nitrogens with zero attached hydrogens (tertiary/aromatic N) is 2. The lowest BCUT2D eigenvalue weighted by atomic mass is 9.96. The summed E-state index contributed by atoms with van der Waals surface area (Å²) in [4.78, 5) is 18.5. The Bertz CT molecular complexity index is 465. The Morgan fingerprint density at radius 2 is 2.27 bits per heavy atom. The summed E-state index contributed by atoms with van der Waals surface area (Å²) in [5.74, 6) is 0.606. The number of hydrogen-bond acceptors (Lipinski definition) is 4. The zero-order valence-electron chi connectivity index (χ0n) is 13.7. The molecule has 22 heavy (non-hydrogen) atoms. The number of ether oxygens (including phenoxy) is 2. The molecule has 0 N–H and O–H groups in total. The van der Waals surface area contributed by atoms with Gasteiger partial charge in [0.1, 0.15) is 12.4 Å². The highest BCUT2D eigenvalue weighted by Gasteiger charge is 2.24. The lowest BCUT2D eigenvalue weighted by Gasteiger charge is -2.29. The fourth-order valence-corrected chi connectivity index (χ4v) is 2.42. The highest BCUT2D eigenvalue weighted by Crippen LogP contribution is 2.20. The second kappa shape index (κ2) is 7.70. The molecular formula is C17H26N2O3. The zero-order valence-corrected chi connectivity index (χ0v) is 13.7. The number of amides is 1. The molecule has 0 bridgehead atoms. The van der Waals surface area contributed by atoms with Gasteiger partial charge in [-0.3, -0.25) is 9.69 Å². The van der Waals surface area contributed by atoms with Crippen LogP contribution < -0.4 is 4.90 Å². The first-order chi connectivity index (χ1) is 10.5. The summed E-state index contributed by atoms with van der Waals surface area (Å²) >= 11 is 0. The fourth-order valence-electron chi connectivity index (χ4n) is 2.42. The van der Waals surface area contributed by atoms with E-state index in [2.05, 4.69) is 25.8 Å². The molecule has 5 heteroatoms. The van der Waals surface area contributed by atoms with E-state index < -0.39 is 0 Å². The third kappa shape index (κ3) is 5.39. The van der Waals surface area contributed by atoms with Crippen molar-refractivity contribution in [1.29, 1.82) is 0 Å². The maximum Gasteiger partial charge on any atom is 0.254 e. The van der Waals surface area contributed by atoms with Gasteiger partial charge >= 0.3 is 0 Å². The van der Waals surface area contributed by atoms with Gasteiger partial charge in [-0.05, 0) is 30.4 Å². The van der Waals surface area contributed by atoms with Gasteiger partial charge in [-0.15, -0.1) is 0 Å². The molecule has 122 valence electrons. The summed E-state index contributed by atoms with van der Waals surface area (Å²) in [5.41, 5.74) is -0.0122. The number of anilines is 1. The molecule has 1 atom stereocenters. The monoisotopic (exact) mass is 306 g/mol. The SMILES string of the molecule is CC(C)(C)CN(C(=O)COCC1CCCO1)c1ccccn1. The molecule has 0 aliphatic carbocycles. The Balaban J connectivity index is 1.93. The van der Waals surface area contributed by atoms with Crippen LogP contribution in [0.1, 0.15) is 33.6 Å². The number of rotatable bonds is 6. The Hall–Kier alpha value is -1.46. The molecule has 1 unspecified atom stereocenters. The molecule has 5 nitrogen and oxygen atoms in total. The minimum Gasteiger partial charge on any atom is -0.376 e. The first-order valence-corrected chi connectivity index (χ1v) is 7.86. The lowest BCUT2D eigenvalue weighted by Crippen LogP contribution is -2.40. The highest BCUT2D eigenvalue weighted by atomic mass is 16.5. The molecule has 1 saturated heterocycles. The number of carbonyl (C=O) groups is 1. The third-order valence-corrected chi connectivity index (χ3v) is 3.41. The molecule has 1 aliphatic rings. The average Bonchev–Trinajstić information content (AvgIpc) is 2.98. The van der Waals surface area contributed by atoms with Gasteiger partial charge in [0.2, 0.25) is 0 Å². The summed E-state index contributed by atoms with van der Waals surface area (Å²) in [6, 6.07) is 5.58. The average molecular weight is 306 g/mol. The Labute approximate surface area is 132 Å². The molecule has 2 heterocycles. The quantitative estimate of drug-likeness (QED) is 0.811. The molecule has 0 radical (unpaired) electrons. The number of hydrogen-bond donors (Lipinski definition) is 0. The van der Waals surface area contributed by atoms with Crippen molar-refractivity contribution in [3.63, 3.8) is 0 Å². The second-order valence-corrected chi connectivity index (χ2v) is 6.88. The number of aromatic nitrogens is 1. The van der Waals surface area contributed by atoms with Gasteiger partial charge in [0, 0.05) is 19.3 Å². The predicted molar refractivity (Wildman–Crippen MR) is 85.8 cm³/mol. The van der Waals surface area contributed by atoms with Crippen molar-refractivity contribution in [2.24, 2.45) is 5.41 Å². The molecule has 1 amide bonds. The van der Waals surface area contributed by atoms with E-state index in [0.717, 1.165) is 19.4 Å². The van der Waals surface area contributed by atoms with Gasteiger partial charge in [-0.1, -0.05) is 26.8 Å². The molecule has 2 rings (SSSR count). The van der Waals surface area contributed by atoms with Gasteiger partial charge in [0.05, 0.1) is 12.7 Å². The first-order valence-electron chi connectivity index (χ1n) is 7.86. The second-order valence-electron chi connectivity index (χ2n) is 6.88. The highest BCUT2D eigenvalue weighted by molar-refractivity contribution is 5.93. The molecule has 0 aromatic carbocycles. The Morgan fingerprint density at radius 3 is 2.86 bits per heavy atom. The van der Waals surface area contributed by atoms with Crippen molar-refractivity contribution >= 4 is 11.7 Å². The van der Waals surface area contributed by atoms with Gasteiger partial charge in [0.15, 0.2) is 0 Å². The molecule has 0 spiro atoms. The van der Waals surface area contributed by atoms with Crippen LogP contribution in [0.15, 0.2) is 24.4 Å². The van der Waals surface area contributed by atoms with Crippen molar-refractivity contribution in [2.45, 2.75) is 39.7 Å². The van der Waals surface area contributed by atoms with Crippen molar-refractivity contribution in [3.8, 4) is 0 Å². The molecule has 1 aromatic heterocycles. The fraction of sp³-hybridized carbons (Fsp3) is 0.647. The largest absolute Gasteiger partial charge is 0.376 e. The Morgan fingerprint density at radius 1 is 1.45 bits per heavy atom. The molecule has 0 saturated carbocycles. The third-order valence-electron chi connectivity index (χ3n) is 3.41. The van der Waals surface area contributed by atoms with Crippen LogP contribution in [-0.4, -0.2) is 43.4 Å². The Kier molecular flexibility index (Phi) is 5.91. The number of pyridine rings is 1. The van der Waals surface area contributed by atoms with Crippen LogP contribution in [0.2, 0.25) is 0 Å². The van der Waals surface area contributed by atoms with E-state index in [9.17, 15) is 4.79 Å². The van der Waals surface area contributed by atoms with E-state index in [0.29, 0.717) is 19.0 Å². The van der Waals surface area contributed by atoms with E-state index in [1.807, 2.05) is 18.2 Å². The van der Waals surface area contributed by atoms with E-state index in [-0.39, 0.29) is 24.0 Å². The van der Waals surface area contributed by atoms with Crippen LogP contribution >= 0.6 is 0 Å². The topological polar surface area (TPSA) is 51.7 Å². The molecular weight excluding hydrogens is 280 g/mol. The minimum atomic E-state index is -0.0633. The summed E-state index contributed by atoms with van der Waals surface area (Å²) in [6.45, 7) is 8.25. The zero-order chi connectivity index (χ0) is 16.0. The summed E-state index contributed by atoms with van der Waals surface area (Å²) in [7, 11) is 0. The van der Waals surface area contributed by atoms with Gasteiger partial charge < -0.3 is 9.47 Å². The standard InChI is InChI=1S/C17H26N2O3/c1-17(2,3)13-19(15-8-4-5-9-18-15)16(20)12-21-11-14-7-6-10-22-14/h4-5,8-9,14H,6-7,10-13H2,1-3H3. The smallest absolute Gasteiger partial charge is 0.254 e. The van der Waals surface area contributed by atoms with Gasteiger partial charge in [-0.2, -0.15) is 0 Å². The minimum absolute atomic E-state index is 0.0122. The molecule has 1 fully saturated rings. The van der Waals surface area contributed by atoms with Crippen molar-refractivity contribution in [3.05, 3.63) is 24.4 Å². The van der Waals surface area contributed by atoms with Crippen LogP contribution in [0.4, 0.5) is 5.82 Å².